The van der Waals surface area contributed by atoms with Crippen molar-refractivity contribution in [1.82, 2.24) is 0 Å². The monoisotopic (exact) mass is 332 g/mol. The van der Waals surface area contributed by atoms with E-state index in [1.165, 1.54) is 24.3 Å². The van der Waals surface area contributed by atoms with Crippen LogP contribution in [0.4, 0.5) is 5.00 Å². The summed E-state index contributed by atoms with van der Waals surface area (Å²) < 4.78 is 5.57. The molecule has 1 heterocycles. The number of thiophene rings is 1. The van der Waals surface area contributed by atoms with E-state index in [0.29, 0.717) is 20.7 Å². The second kappa shape index (κ2) is 5.47. The molecule has 8 heteroatoms. The van der Waals surface area contributed by atoms with Crippen LogP contribution in [-0.4, -0.2) is 18.9 Å². The maximum absolute atomic E-state index is 11.6. The van der Waals surface area contributed by atoms with Crippen molar-refractivity contribution >= 4 is 61.5 Å². The van der Waals surface area contributed by atoms with Crippen LogP contribution in [0.2, 0.25) is 10.0 Å². The Morgan fingerprint density at radius 2 is 2.05 bits per heavy atom. The van der Waals surface area contributed by atoms with Gasteiger partial charge in [-0.3, -0.25) is 9.59 Å². The number of halogens is 2. The first-order valence-electron chi connectivity index (χ1n) is 5.47. The predicted molar refractivity (Wildman–Crippen MR) is 81.2 cm³/mol. The summed E-state index contributed by atoms with van der Waals surface area (Å²) in [5.41, 5.74) is 5.69. The van der Waals surface area contributed by atoms with E-state index in [-0.39, 0.29) is 15.8 Å². The minimum absolute atomic E-state index is 0.0771. The van der Waals surface area contributed by atoms with Crippen LogP contribution in [0.5, 0.6) is 5.75 Å². The number of nitrogens with two attached hydrogens (primary N) is 1. The summed E-state index contributed by atoms with van der Waals surface area (Å²) in [5, 5.41) is 4.30. The van der Waals surface area contributed by atoms with Gasteiger partial charge in [-0.15, -0.1) is 11.3 Å². The van der Waals surface area contributed by atoms with Gasteiger partial charge >= 0.3 is 5.97 Å². The fourth-order valence-electron chi connectivity index (χ4n) is 1.80. The maximum atomic E-state index is 11.6. The van der Waals surface area contributed by atoms with Crippen molar-refractivity contribution in [3.8, 4) is 5.75 Å². The average Bonchev–Trinajstić information content (AvgIpc) is 2.72. The summed E-state index contributed by atoms with van der Waals surface area (Å²) in [4.78, 5) is 22.6. The van der Waals surface area contributed by atoms with E-state index in [1.807, 2.05) is 0 Å². The lowest BCUT2D eigenvalue weighted by molar-refractivity contribution is -0.131. The molecule has 3 N–H and O–H groups in total. The predicted octanol–water partition coefficient (Wildman–Crippen LogP) is 3.27. The van der Waals surface area contributed by atoms with Gasteiger partial charge in [0.15, 0.2) is 5.75 Å². The smallest absolute Gasteiger partial charge is 0.308 e. The van der Waals surface area contributed by atoms with Gasteiger partial charge in [0.25, 0.3) is 5.91 Å². The molecule has 0 aliphatic heterocycles. The van der Waals surface area contributed by atoms with E-state index in [2.05, 4.69) is 5.32 Å². The highest BCUT2D eigenvalue weighted by atomic mass is 35.5. The van der Waals surface area contributed by atoms with Gasteiger partial charge in [0, 0.05) is 19.4 Å². The lowest BCUT2D eigenvalue weighted by Gasteiger charge is -2.07. The second-order valence-electron chi connectivity index (χ2n) is 3.89. The Morgan fingerprint density at radius 3 is 2.55 bits per heavy atom. The molecule has 0 saturated carbocycles. The molecule has 106 valence electrons. The fourth-order valence-corrected chi connectivity index (χ4v) is 3.52. The van der Waals surface area contributed by atoms with Gasteiger partial charge in [-0.1, -0.05) is 23.2 Å². The van der Waals surface area contributed by atoms with E-state index < -0.39 is 11.9 Å². The first-order chi connectivity index (χ1) is 9.36. The van der Waals surface area contributed by atoms with Gasteiger partial charge < -0.3 is 15.8 Å². The Bertz CT molecular complexity index is 727. The quantitative estimate of drug-likeness (QED) is 0.667. The van der Waals surface area contributed by atoms with Gasteiger partial charge in [0.05, 0.1) is 15.3 Å². The highest BCUT2D eigenvalue weighted by Gasteiger charge is 2.22. The number of esters is 1. The van der Waals surface area contributed by atoms with Crippen LogP contribution in [0.1, 0.15) is 17.3 Å². The third-order valence-corrected chi connectivity index (χ3v) is 4.55. The second-order valence-corrected chi connectivity index (χ2v) is 5.70. The molecule has 20 heavy (non-hydrogen) atoms. The molecule has 1 amide bonds. The first kappa shape index (κ1) is 14.9. The van der Waals surface area contributed by atoms with Crippen molar-refractivity contribution in [1.29, 1.82) is 0 Å². The van der Waals surface area contributed by atoms with Crippen molar-refractivity contribution in [2.45, 2.75) is 6.92 Å². The Kier molecular flexibility index (Phi) is 4.08. The van der Waals surface area contributed by atoms with Crippen LogP contribution >= 0.6 is 34.5 Å². The van der Waals surface area contributed by atoms with Crippen LogP contribution in [0, 0.1) is 0 Å². The third-order valence-electron chi connectivity index (χ3n) is 2.55. The van der Waals surface area contributed by atoms with Crippen molar-refractivity contribution in [2.24, 2.45) is 5.73 Å². The van der Waals surface area contributed by atoms with E-state index in [9.17, 15) is 9.59 Å². The number of hydrogen-bond acceptors (Lipinski definition) is 5. The highest BCUT2D eigenvalue weighted by molar-refractivity contribution is 7.24. The van der Waals surface area contributed by atoms with Gasteiger partial charge in [-0.25, -0.2) is 0 Å². The zero-order chi connectivity index (χ0) is 15.0. The number of carbonyl (C=O) groups excluding carboxylic acids is 2. The van der Waals surface area contributed by atoms with Crippen LogP contribution < -0.4 is 15.8 Å². The number of fused-ring (bicyclic) bond motifs is 1. The Balaban J connectivity index is 2.81. The lowest BCUT2D eigenvalue weighted by atomic mass is 10.1. The molecule has 1 aromatic carbocycles. The number of anilines is 1. The number of rotatable bonds is 3. The van der Waals surface area contributed by atoms with E-state index in [0.717, 1.165) is 0 Å². The molecule has 0 aliphatic carbocycles. The number of carbonyl (C=O) groups is 2. The fraction of sp³-hybridized carbons (Fsp3) is 0.167. The van der Waals surface area contributed by atoms with Crippen molar-refractivity contribution in [2.75, 3.05) is 12.4 Å². The van der Waals surface area contributed by atoms with Crippen LogP contribution in [0.3, 0.4) is 0 Å². The third kappa shape index (κ3) is 2.42. The lowest BCUT2D eigenvalue weighted by Crippen LogP contribution is -2.12. The standard InChI is InChI=1S/C12H10Cl2N2O3S/c1-4(17)19-9-6(13)3-5-7(11(15)18)12(16-2)20-10(5)8(9)14/h3,16H,1-2H3,(H2,15,18). The average molecular weight is 333 g/mol. The summed E-state index contributed by atoms with van der Waals surface area (Å²) in [6.45, 7) is 1.25. The van der Waals surface area contributed by atoms with Crippen LogP contribution in [0.15, 0.2) is 6.07 Å². The molecular formula is C12H10Cl2N2O3S. The van der Waals surface area contributed by atoms with Crippen LogP contribution in [0.25, 0.3) is 10.1 Å². The van der Waals surface area contributed by atoms with Crippen molar-refractivity contribution < 1.29 is 14.3 Å². The zero-order valence-electron chi connectivity index (χ0n) is 10.5. The minimum Gasteiger partial charge on any atom is -0.423 e. The van der Waals surface area contributed by atoms with Crippen molar-refractivity contribution in [3.63, 3.8) is 0 Å². The van der Waals surface area contributed by atoms with Gasteiger partial charge in [-0.2, -0.15) is 0 Å². The Morgan fingerprint density at radius 1 is 1.40 bits per heavy atom. The number of nitrogens with one attached hydrogen (secondary N) is 1. The summed E-state index contributed by atoms with van der Waals surface area (Å²) in [5.74, 6) is -1.05. The largest absolute Gasteiger partial charge is 0.423 e. The summed E-state index contributed by atoms with van der Waals surface area (Å²) in [6, 6.07) is 1.51. The summed E-state index contributed by atoms with van der Waals surface area (Å²) in [6.07, 6.45) is 0. The summed E-state index contributed by atoms with van der Waals surface area (Å²) in [7, 11) is 1.67. The Labute approximate surface area is 128 Å². The normalized spacial score (nSPS) is 10.6. The molecule has 2 aromatic rings. The van der Waals surface area contributed by atoms with Gasteiger partial charge in [-0.05, 0) is 6.07 Å². The molecule has 0 atom stereocenters. The number of ether oxygens (including phenoxy) is 1. The molecule has 0 saturated heterocycles. The number of benzene rings is 1. The molecule has 0 spiro atoms. The molecule has 0 aliphatic rings. The minimum atomic E-state index is -0.590. The molecule has 0 unspecified atom stereocenters. The SMILES string of the molecule is CNc1sc2c(Cl)c(OC(C)=O)c(Cl)cc2c1C(N)=O. The van der Waals surface area contributed by atoms with E-state index >= 15 is 0 Å². The first-order valence-corrected chi connectivity index (χ1v) is 7.04. The molecule has 1 aromatic heterocycles. The van der Waals surface area contributed by atoms with Gasteiger partial charge in [0.2, 0.25) is 0 Å². The summed E-state index contributed by atoms with van der Waals surface area (Å²) >= 11 is 13.5. The topological polar surface area (TPSA) is 81.4 Å². The number of primary amides is 1. The highest BCUT2D eigenvalue weighted by Crippen LogP contribution is 2.46. The molecule has 2 rings (SSSR count). The number of amides is 1. The molecule has 0 bridgehead atoms. The molecule has 0 radical (unpaired) electrons. The molecule has 5 nitrogen and oxygen atoms in total. The maximum Gasteiger partial charge on any atom is 0.308 e. The number of hydrogen-bond donors (Lipinski definition) is 2. The van der Waals surface area contributed by atoms with E-state index in [4.69, 9.17) is 33.7 Å². The van der Waals surface area contributed by atoms with Crippen LogP contribution in [-0.2, 0) is 4.79 Å². The zero-order valence-corrected chi connectivity index (χ0v) is 12.9. The van der Waals surface area contributed by atoms with Crippen molar-refractivity contribution in [3.05, 3.63) is 21.7 Å². The van der Waals surface area contributed by atoms with E-state index in [1.54, 1.807) is 7.05 Å². The van der Waals surface area contributed by atoms with Gasteiger partial charge in [0.1, 0.15) is 10.0 Å². The Hall–Kier alpha value is -1.50. The molecular weight excluding hydrogens is 323 g/mol. The molecule has 0 fully saturated rings.